The molecule has 2 heterocycles. The van der Waals surface area contributed by atoms with Crippen LogP contribution in [0.25, 0.3) is 0 Å². The molecule has 1 aliphatic rings. The molecule has 6 nitrogen and oxygen atoms in total. The van der Waals surface area contributed by atoms with E-state index >= 15 is 0 Å². The molecule has 0 aliphatic carbocycles. The van der Waals surface area contributed by atoms with Crippen molar-refractivity contribution in [3.8, 4) is 0 Å². The largest absolute Gasteiger partial charge is 0.352 e. The Labute approximate surface area is 162 Å². The quantitative estimate of drug-likeness (QED) is 0.608. The van der Waals surface area contributed by atoms with E-state index in [0.717, 1.165) is 24.7 Å². The highest BCUT2D eigenvalue weighted by molar-refractivity contribution is 5.79. The molecule has 0 saturated carbocycles. The van der Waals surface area contributed by atoms with Crippen LogP contribution >= 0.6 is 0 Å². The van der Waals surface area contributed by atoms with Crippen molar-refractivity contribution in [1.82, 2.24) is 25.3 Å². The van der Waals surface area contributed by atoms with Crippen LogP contribution in [0.15, 0.2) is 41.5 Å². The van der Waals surface area contributed by atoms with Crippen molar-refractivity contribution in [2.75, 3.05) is 20.1 Å². The van der Waals surface area contributed by atoms with Gasteiger partial charge in [0.2, 0.25) is 0 Å². The molecule has 1 fully saturated rings. The number of nitrogens with one attached hydrogen (secondary N) is 2. The molecule has 0 spiro atoms. The average molecular weight is 369 g/mol. The van der Waals surface area contributed by atoms with Crippen molar-refractivity contribution in [2.45, 2.75) is 45.3 Å². The van der Waals surface area contributed by atoms with Crippen LogP contribution in [0.5, 0.6) is 0 Å². The van der Waals surface area contributed by atoms with E-state index in [2.05, 4.69) is 49.9 Å². The third-order valence-corrected chi connectivity index (χ3v) is 5.17. The first-order valence-electron chi connectivity index (χ1n) is 9.96. The second-order valence-corrected chi connectivity index (χ2v) is 7.23. The normalized spacial score (nSPS) is 16.1. The Morgan fingerprint density at radius 1 is 0.963 bits per heavy atom. The van der Waals surface area contributed by atoms with Gasteiger partial charge >= 0.3 is 0 Å². The highest BCUT2D eigenvalue weighted by Gasteiger charge is 2.09. The number of benzene rings is 1. The summed E-state index contributed by atoms with van der Waals surface area (Å²) < 4.78 is 1.86. The number of aliphatic imine (C=N–C) groups is 1. The number of likely N-dealkylation sites (tertiary alicyclic amines) is 1. The van der Waals surface area contributed by atoms with Gasteiger partial charge in [-0.1, -0.05) is 37.1 Å². The number of hydrogen-bond donors (Lipinski definition) is 2. The van der Waals surface area contributed by atoms with Crippen molar-refractivity contribution in [3.05, 3.63) is 53.3 Å². The van der Waals surface area contributed by atoms with E-state index in [1.807, 2.05) is 17.8 Å². The first kappa shape index (κ1) is 19.4. The van der Waals surface area contributed by atoms with Crippen LogP contribution in [0.2, 0.25) is 0 Å². The molecule has 0 unspecified atom stereocenters. The summed E-state index contributed by atoms with van der Waals surface area (Å²) in [7, 11) is 3.74. The Bertz CT molecular complexity index is 711. The molecule has 0 bridgehead atoms. The first-order valence-corrected chi connectivity index (χ1v) is 9.96. The molecule has 3 rings (SSSR count). The van der Waals surface area contributed by atoms with Gasteiger partial charge in [-0.05, 0) is 43.1 Å². The standard InChI is InChI=1S/C21H32N6/c1-22-21(24-16-20-11-12-25-26(20)2)23-15-18-7-9-19(10-8-18)17-27-13-5-3-4-6-14-27/h7-12H,3-6,13-17H2,1-2H3,(H2,22,23,24). The van der Waals surface area contributed by atoms with E-state index in [-0.39, 0.29) is 0 Å². The lowest BCUT2D eigenvalue weighted by Crippen LogP contribution is -2.36. The van der Waals surface area contributed by atoms with E-state index in [1.54, 1.807) is 13.2 Å². The zero-order valence-electron chi connectivity index (χ0n) is 16.6. The Kier molecular flexibility index (Phi) is 7.27. The third kappa shape index (κ3) is 6.10. The maximum absolute atomic E-state index is 4.29. The summed E-state index contributed by atoms with van der Waals surface area (Å²) in [6, 6.07) is 11.0. The number of guanidine groups is 1. The second kappa shape index (κ2) is 10.1. The molecule has 0 atom stereocenters. The van der Waals surface area contributed by atoms with Crippen molar-refractivity contribution >= 4 is 5.96 Å². The molecular weight excluding hydrogens is 336 g/mol. The summed E-state index contributed by atoms with van der Waals surface area (Å²) in [4.78, 5) is 6.88. The summed E-state index contributed by atoms with van der Waals surface area (Å²) in [5.74, 6) is 0.796. The molecule has 0 radical (unpaired) electrons. The third-order valence-electron chi connectivity index (χ3n) is 5.17. The van der Waals surface area contributed by atoms with E-state index < -0.39 is 0 Å². The Balaban J connectivity index is 1.45. The smallest absolute Gasteiger partial charge is 0.191 e. The summed E-state index contributed by atoms with van der Waals surface area (Å²) in [5.41, 5.74) is 3.79. The first-order chi connectivity index (χ1) is 13.2. The summed E-state index contributed by atoms with van der Waals surface area (Å²) >= 11 is 0. The highest BCUT2D eigenvalue weighted by Crippen LogP contribution is 2.13. The fourth-order valence-electron chi connectivity index (χ4n) is 3.47. The van der Waals surface area contributed by atoms with Crippen LogP contribution in [0.4, 0.5) is 0 Å². The molecule has 1 saturated heterocycles. The fourth-order valence-corrected chi connectivity index (χ4v) is 3.47. The van der Waals surface area contributed by atoms with Crippen molar-refractivity contribution in [3.63, 3.8) is 0 Å². The lowest BCUT2D eigenvalue weighted by molar-refractivity contribution is 0.277. The summed E-state index contributed by atoms with van der Waals surface area (Å²) in [6.07, 6.45) is 7.26. The SMILES string of the molecule is CN=C(NCc1ccc(CN2CCCCCC2)cc1)NCc1ccnn1C. The number of rotatable bonds is 6. The van der Waals surface area contributed by atoms with E-state index in [1.165, 1.54) is 49.9 Å². The Morgan fingerprint density at radius 2 is 1.63 bits per heavy atom. The van der Waals surface area contributed by atoms with Crippen molar-refractivity contribution in [2.24, 2.45) is 12.0 Å². The van der Waals surface area contributed by atoms with Gasteiger partial charge in [0.05, 0.1) is 12.2 Å². The van der Waals surface area contributed by atoms with Gasteiger partial charge in [0.25, 0.3) is 0 Å². The predicted molar refractivity (Wildman–Crippen MR) is 110 cm³/mol. The van der Waals surface area contributed by atoms with Gasteiger partial charge in [-0.2, -0.15) is 5.10 Å². The van der Waals surface area contributed by atoms with Gasteiger partial charge in [-0.25, -0.2) is 0 Å². The lowest BCUT2D eigenvalue weighted by atomic mass is 10.1. The van der Waals surface area contributed by atoms with Crippen molar-refractivity contribution < 1.29 is 0 Å². The Morgan fingerprint density at radius 3 is 2.26 bits per heavy atom. The van der Waals surface area contributed by atoms with E-state index in [0.29, 0.717) is 6.54 Å². The minimum atomic E-state index is 0.699. The predicted octanol–water partition coefficient (Wildman–Crippen LogP) is 2.66. The topological polar surface area (TPSA) is 57.5 Å². The zero-order chi connectivity index (χ0) is 18.9. The molecule has 1 aliphatic heterocycles. The molecule has 2 N–H and O–H groups in total. The summed E-state index contributed by atoms with van der Waals surface area (Å²) in [6.45, 7) is 5.01. The van der Waals surface area contributed by atoms with E-state index in [9.17, 15) is 0 Å². The monoisotopic (exact) mass is 368 g/mol. The number of nitrogens with zero attached hydrogens (tertiary/aromatic N) is 4. The molecule has 0 amide bonds. The van der Waals surface area contributed by atoms with Crippen LogP contribution in [-0.4, -0.2) is 40.8 Å². The van der Waals surface area contributed by atoms with Gasteiger partial charge < -0.3 is 10.6 Å². The van der Waals surface area contributed by atoms with Gasteiger partial charge in [-0.15, -0.1) is 0 Å². The number of aryl methyl sites for hydroxylation is 1. The Hall–Kier alpha value is -2.34. The van der Waals surface area contributed by atoms with Crippen molar-refractivity contribution in [1.29, 1.82) is 0 Å². The molecule has 1 aromatic carbocycles. The van der Waals surface area contributed by atoms with Crippen LogP contribution in [0, 0.1) is 0 Å². The molecule has 2 aromatic rings. The maximum atomic E-state index is 4.29. The van der Waals surface area contributed by atoms with E-state index in [4.69, 9.17) is 0 Å². The van der Waals surface area contributed by atoms with Gasteiger partial charge in [0, 0.05) is 33.4 Å². The van der Waals surface area contributed by atoms with Gasteiger partial charge in [-0.3, -0.25) is 14.6 Å². The molecular formula is C21H32N6. The minimum Gasteiger partial charge on any atom is -0.352 e. The van der Waals surface area contributed by atoms with Crippen LogP contribution in [0.1, 0.15) is 42.5 Å². The molecule has 6 heteroatoms. The molecule has 146 valence electrons. The zero-order valence-corrected chi connectivity index (χ0v) is 16.6. The average Bonchev–Trinajstić information content (AvgIpc) is 2.93. The minimum absolute atomic E-state index is 0.699. The highest BCUT2D eigenvalue weighted by atomic mass is 15.3. The summed E-state index contributed by atoms with van der Waals surface area (Å²) in [5, 5.41) is 10.9. The van der Waals surface area contributed by atoms with Crippen LogP contribution in [0.3, 0.4) is 0 Å². The number of hydrogen-bond acceptors (Lipinski definition) is 3. The second-order valence-electron chi connectivity index (χ2n) is 7.23. The fraction of sp³-hybridized carbons (Fsp3) is 0.524. The maximum Gasteiger partial charge on any atom is 0.191 e. The van der Waals surface area contributed by atoms with Gasteiger partial charge in [0.15, 0.2) is 5.96 Å². The van der Waals surface area contributed by atoms with Gasteiger partial charge in [0.1, 0.15) is 0 Å². The molecule has 27 heavy (non-hydrogen) atoms. The lowest BCUT2D eigenvalue weighted by Gasteiger charge is -2.20. The van der Waals surface area contributed by atoms with Crippen LogP contribution in [-0.2, 0) is 26.7 Å². The molecule has 1 aromatic heterocycles. The number of aromatic nitrogens is 2. The van der Waals surface area contributed by atoms with Crippen LogP contribution < -0.4 is 10.6 Å².